The smallest absolute Gasteiger partial charge is 0.0964 e. The van der Waals surface area contributed by atoms with Gasteiger partial charge in [-0.15, -0.1) is 5.10 Å². The Hall–Kier alpha value is -0.980. The predicted molar refractivity (Wildman–Crippen MR) is 85.2 cm³/mol. The van der Waals surface area contributed by atoms with Crippen LogP contribution >= 0.6 is 0 Å². The first-order valence-corrected chi connectivity index (χ1v) is 8.25. The molecule has 6 heteroatoms. The van der Waals surface area contributed by atoms with Gasteiger partial charge < -0.3 is 10.2 Å². The first-order chi connectivity index (χ1) is 10.2. The minimum atomic E-state index is 0.736. The Morgan fingerprint density at radius 1 is 1.43 bits per heavy atom. The molecule has 1 aromatic heterocycles. The van der Waals surface area contributed by atoms with E-state index in [-0.39, 0.29) is 0 Å². The molecule has 1 aliphatic rings. The minimum absolute atomic E-state index is 0.736. The third-order valence-electron chi connectivity index (χ3n) is 4.28. The number of hydrogen-bond donors (Lipinski definition) is 1. The van der Waals surface area contributed by atoms with Crippen molar-refractivity contribution in [1.82, 2.24) is 30.1 Å². The van der Waals surface area contributed by atoms with E-state index in [1.54, 1.807) is 0 Å². The molecule has 1 unspecified atom stereocenters. The molecule has 0 aliphatic carbocycles. The van der Waals surface area contributed by atoms with Gasteiger partial charge in [0.15, 0.2) is 0 Å². The van der Waals surface area contributed by atoms with Crippen molar-refractivity contribution < 1.29 is 0 Å². The van der Waals surface area contributed by atoms with Gasteiger partial charge >= 0.3 is 0 Å². The second kappa shape index (κ2) is 8.46. The van der Waals surface area contributed by atoms with Crippen LogP contribution in [0.15, 0.2) is 6.20 Å². The number of likely N-dealkylation sites (N-methyl/N-ethyl adjacent to an activating group) is 2. The van der Waals surface area contributed by atoms with Gasteiger partial charge in [0.2, 0.25) is 0 Å². The molecule has 21 heavy (non-hydrogen) atoms. The van der Waals surface area contributed by atoms with E-state index in [0.29, 0.717) is 0 Å². The summed E-state index contributed by atoms with van der Waals surface area (Å²) in [5, 5.41) is 11.6. The highest BCUT2D eigenvalue weighted by Crippen LogP contribution is 2.17. The van der Waals surface area contributed by atoms with E-state index in [9.17, 15) is 0 Å². The van der Waals surface area contributed by atoms with Gasteiger partial charge in [-0.3, -0.25) is 9.58 Å². The molecule has 1 aromatic rings. The van der Waals surface area contributed by atoms with Crippen LogP contribution in [0.4, 0.5) is 0 Å². The zero-order valence-corrected chi connectivity index (χ0v) is 13.8. The highest BCUT2D eigenvalue weighted by molar-refractivity contribution is 4.91. The Kier molecular flexibility index (Phi) is 6.60. The van der Waals surface area contributed by atoms with Gasteiger partial charge in [0.05, 0.1) is 12.2 Å². The van der Waals surface area contributed by atoms with Gasteiger partial charge in [0.1, 0.15) is 0 Å². The van der Waals surface area contributed by atoms with Gasteiger partial charge in [-0.25, -0.2) is 0 Å². The summed E-state index contributed by atoms with van der Waals surface area (Å²) in [5.74, 6) is 0. The maximum atomic E-state index is 4.19. The van der Waals surface area contributed by atoms with Crippen molar-refractivity contribution in [3.05, 3.63) is 11.9 Å². The van der Waals surface area contributed by atoms with Gasteiger partial charge in [0, 0.05) is 31.9 Å². The van der Waals surface area contributed by atoms with Crippen molar-refractivity contribution in [1.29, 1.82) is 0 Å². The number of nitrogens with one attached hydrogen (secondary N) is 1. The lowest BCUT2D eigenvalue weighted by molar-refractivity contribution is 0.194. The molecular formula is C15H30N6. The number of nitrogens with zero attached hydrogens (tertiary/aromatic N) is 5. The van der Waals surface area contributed by atoms with E-state index in [1.807, 2.05) is 10.9 Å². The maximum Gasteiger partial charge on any atom is 0.0964 e. The Bertz CT molecular complexity index is 405. The fourth-order valence-electron chi connectivity index (χ4n) is 3.02. The minimum Gasteiger partial charge on any atom is -0.311 e. The van der Waals surface area contributed by atoms with Crippen LogP contribution in [0.1, 0.15) is 32.4 Å². The molecular weight excluding hydrogens is 264 g/mol. The average molecular weight is 294 g/mol. The summed E-state index contributed by atoms with van der Waals surface area (Å²) in [4.78, 5) is 5.02. The van der Waals surface area contributed by atoms with E-state index >= 15 is 0 Å². The summed E-state index contributed by atoms with van der Waals surface area (Å²) >= 11 is 0. The molecule has 0 amide bonds. The Morgan fingerprint density at radius 3 is 3.05 bits per heavy atom. The molecule has 0 aromatic carbocycles. The second-order valence-electron chi connectivity index (χ2n) is 5.94. The van der Waals surface area contributed by atoms with Gasteiger partial charge in [-0.05, 0) is 39.5 Å². The van der Waals surface area contributed by atoms with Crippen molar-refractivity contribution in [3.63, 3.8) is 0 Å². The summed E-state index contributed by atoms with van der Waals surface area (Å²) in [6.07, 6.45) is 4.74. The SMILES string of the molecule is CCNCc1cn(CCN(C)CC2CCCN2CC)nn1. The summed E-state index contributed by atoms with van der Waals surface area (Å²) in [7, 11) is 2.21. The Morgan fingerprint density at radius 2 is 2.29 bits per heavy atom. The van der Waals surface area contributed by atoms with Crippen LogP contribution < -0.4 is 5.32 Å². The summed E-state index contributed by atoms with van der Waals surface area (Å²) in [6.45, 7) is 11.7. The fraction of sp³-hybridized carbons (Fsp3) is 0.867. The van der Waals surface area contributed by atoms with E-state index < -0.39 is 0 Å². The molecule has 1 saturated heterocycles. The number of aromatic nitrogens is 3. The summed E-state index contributed by atoms with van der Waals surface area (Å²) in [5.41, 5.74) is 1.02. The molecule has 1 N–H and O–H groups in total. The van der Waals surface area contributed by atoms with Crippen LogP contribution in [0.5, 0.6) is 0 Å². The highest BCUT2D eigenvalue weighted by Gasteiger charge is 2.23. The van der Waals surface area contributed by atoms with Crippen LogP contribution in [0.3, 0.4) is 0 Å². The predicted octanol–water partition coefficient (Wildman–Crippen LogP) is 0.804. The highest BCUT2D eigenvalue weighted by atomic mass is 15.4. The van der Waals surface area contributed by atoms with Crippen molar-refractivity contribution in [3.8, 4) is 0 Å². The molecule has 2 heterocycles. The van der Waals surface area contributed by atoms with Crippen LogP contribution in [0.25, 0.3) is 0 Å². The average Bonchev–Trinajstić information content (AvgIpc) is 3.11. The third-order valence-corrected chi connectivity index (χ3v) is 4.28. The zero-order valence-electron chi connectivity index (χ0n) is 13.8. The molecule has 120 valence electrons. The first kappa shape index (κ1) is 16.4. The van der Waals surface area contributed by atoms with Gasteiger partial charge in [0.25, 0.3) is 0 Å². The van der Waals surface area contributed by atoms with Crippen LogP contribution in [-0.4, -0.2) is 70.6 Å². The van der Waals surface area contributed by atoms with Crippen LogP contribution in [0.2, 0.25) is 0 Å². The lowest BCUT2D eigenvalue weighted by Crippen LogP contribution is -2.39. The van der Waals surface area contributed by atoms with E-state index in [1.165, 1.54) is 25.9 Å². The summed E-state index contributed by atoms with van der Waals surface area (Å²) in [6, 6.07) is 0.736. The monoisotopic (exact) mass is 294 g/mol. The molecule has 0 radical (unpaired) electrons. The molecule has 0 spiro atoms. The van der Waals surface area contributed by atoms with E-state index in [0.717, 1.165) is 44.5 Å². The number of rotatable bonds is 9. The van der Waals surface area contributed by atoms with Gasteiger partial charge in [-0.1, -0.05) is 19.1 Å². The molecule has 6 nitrogen and oxygen atoms in total. The molecule has 1 aliphatic heterocycles. The Labute approximate surface area is 128 Å². The van der Waals surface area contributed by atoms with Crippen molar-refractivity contribution >= 4 is 0 Å². The fourth-order valence-corrected chi connectivity index (χ4v) is 3.02. The molecule has 0 bridgehead atoms. The third kappa shape index (κ3) is 5.05. The molecule has 0 saturated carbocycles. The number of hydrogen-bond acceptors (Lipinski definition) is 5. The van der Waals surface area contributed by atoms with Crippen molar-refractivity contribution in [2.75, 3.05) is 39.8 Å². The van der Waals surface area contributed by atoms with Crippen LogP contribution in [-0.2, 0) is 13.1 Å². The lowest BCUT2D eigenvalue weighted by atomic mass is 10.2. The van der Waals surface area contributed by atoms with Crippen molar-refractivity contribution in [2.45, 2.75) is 45.8 Å². The zero-order chi connectivity index (χ0) is 15.1. The topological polar surface area (TPSA) is 49.2 Å². The number of likely N-dealkylation sites (tertiary alicyclic amines) is 1. The standard InChI is InChI=1S/C15H30N6/c1-4-16-11-14-12-21(18-17-14)10-9-19(3)13-15-7-6-8-20(15)5-2/h12,15-16H,4-11,13H2,1-3H3. The molecule has 2 rings (SSSR count). The normalized spacial score (nSPS) is 19.7. The van der Waals surface area contributed by atoms with Crippen molar-refractivity contribution in [2.24, 2.45) is 0 Å². The largest absolute Gasteiger partial charge is 0.311 e. The molecule has 1 atom stereocenters. The first-order valence-electron chi connectivity index (χ1n) is 8.25. The summed E-state index contributed by atoms with van der Waals surface area (Å²) < 4.78 is 1.95. The van der Waals surface area contributed by atoms with E-state index in [2.05, 4.69) is 46.3 Å². The van der Waals surface area contributed by atoms with E-state index in [4.69, 9.17) is 0 Å². The van der Waals surface area contributed by atoms with Gasteiger partial charge in [-0.2, -0.15) is 0 Å². The maximum absolute atomic E-state index is 4.19. The molecule has 1 fully saturated rings. The lowest BCUT2D eigenvalue weighted by Gasteiger charge is -2.27. The second-order valence-corrected chi connectivity index (χ2v) is 5.94. The quantitative estimate of drug-likeness (QED) is 0.730. The Balaban J connectivity index is 1.70. The van der Waals surface area contributed by atoms with Crippen LogP contribution in [0, 0.1) is 0 Å².